The Balaban J connectivity index is 2.55. The van der Waals surface area contributed by atoms with Gasteiger partial charge in [0.15, 0.2) is 0 Å². The average molecular weight is 242 g/mol. The van der Waals surface area contributed by atoms with Crippen molar-refractivity contribution in [1.82, 2.24) is 0 Å². The number of hydrogen-bond acceptors (Lipinski definition) is 3. The summed E-state index contributed by atoms with van der Waals surface area (Å²) >= 11 is 5.49. The Morgan fingerprint density at radius 1 is 1.40 bits per heavy atom. The van der Waals surface area contributed by atoms with Gasteiger partial charge in [-0.05, 0) is 30.7 Å². The van der Waals surface area contributed by atoms with E-state index in [-0.39, 0.29) is 5.25 Å². The van der Waals surface area contributed by atoms with Gasteiger partial charge in [-0.3, -0.25) is 4.79 Å². The van der Waals surface area contributed by atoms with Gasteiger partial charge in [0, 0.05) is 4.90 Å². The number of benzene rings is 1. The zero-order valence-electron chi connectivity index (χ0n) is 8.30. The lowest BCUT2D eigenvalue weighted by Crippen LogP contribution is -2.16. The fourth-order valence-electron chi connectivity index (χ4n) is 1.17. The molecule has 82 valence electrons. The zero-order chi connectivity index (χ0) is 11.1. The fraction of sp³-hybridized carbons (Fsp3) is 0.364. The van der Waals surface area contributed by atoms with E-state index in [1.54, 1.807) is 0 Å². The quantitative estimate of drug-likeness (QED) is 0.595. The monoisotopic (exact) mass is 242 g/mol. The third-order valence-electron chi connectivity index (χ3n) is 1.92. The zero-order valence-corrected chi connectivity index (χ0v) is 10.0. The standard InChI is InChI=1S/C11H14O2S2/c12-11(13)10(7-4-8-14)15-9-5-2-1-3-6-9/h1-3,5-6,10,14H,4,7-8H2,(H,12,13). The lowest BCUT2D eigenvalue weighted by molar-refractivity contribution is -0.136. The van der Waals surface area contributed by atoms with E-state index in [9.17, 15) is 4.79 Å². The minimum absolute atomic E-state index is 0.362. The minimum Gasteiger partial charge on any atom is -0.480 e. The SMILES string of the molecule is O=C(O)C(CCCS)Sc1ccccc1. The number of hydrogen-bond donors (Lipinski definition) is 2. The highest BCUT2D eigenvalue weighted by molar-refractivity contribution is 8.00. The number of thioether (sulfide) groups is 1. The summed E-state index contributed by atoms with van der Waals surface area (Å²) in [6.07, 6.45) is 1.50. The van der Waals surface area contributed by atoms with Crippen LogP contribution in [-0.2, 0) is 4.79 Å². The minimum atomic E-state index is -0.745. The van der Waals surface area contributed by atoms with E-state index in [1.807, 2.05) is 30.3 Å². The molecule has 0 aromatic heterocycles. The topological polar surface area (TPSA) is 37.3 Å². The molecule has 1 rings (SSSR count). The molecule has 0 fully saturated rings. The summed E-state index contributed by atoms with van der Waals surface area (Å²) in [6, 6.07) is 9.62. The molecule has 1 N–H and O–H groups in total. The molecule has 0 aliphatic heterocycles. The largest absolute Gasteiger partial charge is 0.480 e. The van der Waals surface area contributed by atoms with E-state index in [4.69, 9.17) is 5.11 Å². The molecule has 0 spiro atoms. The van der Waals surface area contributed by atoms with E-state index in [2.05, 4.69) is 12.6 Å². The maximum Gasteiger partial charge on any atom is 0.316 e. The molecule has 15 heavy (non-hydrogen) atoms. The van der Waals surface area contributed by atoms with Gasteiger partial charge in [-0.1, -0.05) is 18.2 Å². The Morgan fingerprint density at radius 3 is 2.60 bits per heavy atom. The van der Waals surface area contributed by atoms with Crippen LogP contribution in [0.25, 0.3) is 0 Å². The summed E-state index contributed by atoms with van der Waals surface area (Å²) < 4.78 is 0. The normalized spacial score (nSPS) is 12.3. The van der Waals surface area contributed by atoms with Crippen molar-refractivity contribution in [3.05, 3.63) is 30.3 Å². The third kappa shape index (κ3) is 4.62. The van der Waals surface area contributed by atoms with E-state index in [0.29, 0.717) is 6.42 Å². The second kappa shape index (κ2) is 6.80. The average Bonchev–Trinajstić information content (AvgIpc) is 2.25. The molecule has 0 saturated heterocycles. The lowest BCUT2D eigenvalue weighted by Gasteiger charge is -2.10. The van der Waals surface area contributed by atoms with E-state index < -0.39 is 5.97 Å². The van der Waals surface area contributed by atoms with Crippen LogP contribution in [0.5, 0.6) is 0 Å². The summed E-state index contributed by atoms with van der Waals surface area (Å²) in [7, 11) is 0. The van der Waals surface area contributed by atoms with Crippen LogP contribution in [0.4, 0.5) is 0 Å². The number of carbonyl (C=O) groups is 1. The number of rotatable bonds is 6. The molecule has 0 aliphatic rings. The van der Waals surface area contributed by atoms with Crippen LogP contribution in [0.3, 0.4) is 0 Å². The highest BCUT2D eigenvalue weighted by atomic mass is 32.2. The van der Waals surface area contributed by atoms with Crippen molar-refractivity contribution in [3.8, 4) is 0 Å². The van der Waals surface area contributed by atoms with E-state index in [0.717, 1.165) is 17.1 Å². The van der Waals surface area contributed by atoms with Gasteiger partial charge in [0.05, 0.1) is 0 Å². The first-order valence-corrected chi connectivity index (χ1v) is 6.30. The van der Waals surface area contributed by atoms with Crippen LogP contribution >= 0.6 is 24.4 Å². The van der Waals surface area contributed by atoms with Gasteiger partial charge in [-0.25, -0.2) is 0 Å². The second-order valence-electron chi connectivity index (χ2n) is 3.12. The number of carboxylic acids is 1. The Labute approximate surface area is 99.5 Å². The summed E-state index contributed by atoms with van der Waals surface area (Å²) in [4.78, 5) is 12.0. The summed E-state index contributed by atoms with van der Waals surface area (Å²) in [5.74, 6) is -0.00953. The summed E-state index contributed by atoms with van der Waals surface area (Å²) in [5.41, 5.74) is 0. The van der Waals surface area contributed by atoms with E-state index >= 15 is 0 Å². The van der Waals surface area contributed by atoms with Crippen molar-refractivity contribution in [2.75, 3.05) is 5.75 Å². The molecule has 1 aromatic carbocycles. The number of aliphatic carboxylic acids is 1. The van der Waals surface area contributed by atoms with Crippen LogP contribution in [0.15, 0.2) is 35.2 Å². The smallest absolute Gasteiger partial charge is 0.316 e. The van der Waals surface area contributed by atoms with Gasteiger partial charge in [0.1, 0.15) is 5.25 Å². The third-order valence-corrected chi connectivity index (χ3v) is 3.50. The Kier molecular flexibility index (Phi) is 5.65. The fourth-order valence-corrected chi connectivity index (χ4v) is 2.38. The van der Waals surface area contributed by atoms with Crippen LogP contribution in [0, 0.1) is 0 Å². The van der Waals surface area contributed by atoms with Crippen LogP contribution in [-0.4, -0.2) is 22.1 Å². The predicted octanol–water partition coefficient (Wildman–Crippen LogP) is 2.94. The Bertz CT molecular complexity index is 301. The molecule has 0 heterocycles. The summed E-state index contributed by atoms with van der Waals surface area (Å²) in [6.45, 7) is 0. The van der Waals surface area contributed by atoms with Crippen molar-refractivity contribution < 1.29 is 9.90 Å². The van der Waals surface area contributed by atoms with Crippen molar-refractivity contribution in [1.29, 1.82) is 0 Å². The molecule has 0 amide bonds. The van der Waals surface area contributed by atoms with Gasteiger partial charge in [-0.15, -0.1) is 11.8 Å². The first kappa shape index (κ1) is 12.5. The number of carboxylic acid groups (broad SMARTS) is 1. The van der Waals surface area contributed by atoms with Crippen LogP contribution in [0.2, 0.25) is 0 Å². The summed E-state index contributed by atoms with van der Waals surface area (Å²) in [5, 5.41) is 8.65. The molecule has 1 aromatic rings. The molecular weight excluding hydrogens is 228 g/mol. The molecule has 0 bridgehead atoms. The Hall–Kier alpha value is -0.610. The van der Waals surface area contributed by atoms with Gasteiger partial charge in [0.25, 0.3) is 0 Å². The predicted molar refractivity (Wildman–Crippen MR) is 66.8 cm³/mol. The first-order chi connectivity index (χ1) is 7.24. The van der Waals surface area contributed by atoms with Crippen LogP contribution in [0.1, 0.15) is 12.8 Å². The number of thiol groups is 1. The molecule has 1 unspecified atom stereocenters. The van der Waals surface area contributed by atoms with Gasteiger partial charge in [-0.2, -0.15) is 12.6 Å². The maximum atomic E-state index is 11.0. The highest BCUT2D eigenvalue weighted by Gasteiger charge is 2.17. The maximum absolute atomic E-state index is 11.0. The van der Waals surface area contributed by atoms with Crippen molar-refractivity contribution in [2.24, 2.45) is 0 Å². The molecule has 1 atom stereocenters. The second-order valence-corrected chi connectivity index (χ2v) is 4.85. The first-order valence-electron chi connectivity index (χ1n) is 4.79. The highest BCUT2D eigenvalue weighted by Crippen LogP contribution is 2.26. The van der Waals surface area contributed by atoms with Gasteiger partial charge < -0.3 is 5.11 Å². The molecule has 0 aliphatic carbocycles. The van der Waals surface area contributed by atoms with Crippen molar-refractivity contribution in [3.63, 3.8) is 0 Å². The molecular formula is C11H14O2S2. The van der Waals surface area contributed by atoms with Crippen molar-refractivity contribution in [2.45, 2.75) is 23.0 Å². The van der Waals surface area contributed by atoms with Crippen LogP contribution < -0.4 is 0 Å². The van der Waals surface area contributed by atoms with E-state index in [1.165, 1.54) is 11.8 Å². The molecule has 0 saturated carbocycles. The molecule has 4 heteroatoms. The van der Waals surface area contributed by atoms with Gasteiger partial charge >= 0.3 is 5.97 Å². The van der Waals surface area contributed by atoms with Crippen molar-refractivity contribution >= 4 is 30.4 Å². The molecule has 2 nitrogen and oxygen atoms in total. The van der Waals surface area contributed by atoms with Gasteiger partial charge in [0.2, 0.25) is 0 Å². The lowest BCUT2D eigenvalue weighted by atomic mass is 10.2. The molecule has 0 radical (unpaired) electrons. The Morgan fingerprint density at radius 2 is 2.07 bits per heavy atom.